The monoisotopic (exact) mass is 275 g/mol. The first-order valence-electron chi connectivity index (χ1n) is 7.45. The van der Waals surface area contributed by atoms with E-state index in [0.29, 0.717) is 12.0 Å². The van der Waals surface area contributed by atoms with E-state index < -0.39 is 0 Å². The topological polar surface area (TPSA) is 65.2 Å². The molecule has 108 valence electrons. The van der Waals surface area contributed by atoms with Crippen LogP contribution in [0.25, 0.3) is 0 Å². The van der Waals surface area contributed by atoms with Crippen molar-refractivity contribution in [2.24, 2.45) is 5.92 Å². The van der Waals surface area contributed by atoms with Crippen LogP contribution >= 0.6 is 0 Å². The molecule has 3 rings (SSSR count). The van der Waals surface area contributed by atoms with Crippen LogP contribution in [-0.2, 0) is 0 Å². The van der Waals surface area contributed by atoms with Gasteiger partial charge in [0.05, 0.1) is 0 Å². The largest absolute Gasteiger partial charge is 0.335 e. The molecule has 1 atom stereocenters. The molecule has 1 saturated carbocycles. The van der Waals surface area contributed by atoms with E-state index in [1.165, 1.54) is 6.42 Å². The molecule has 0 spiro atoms. The summed E-state index contributed by atoms with van der Waals surface area (Å²) < 4.78 is 0. The predicted octanol–water partition coefficient (Wildman–Crippen LogP) is 0.979. The molecule has 1 aliphatic heterocycles. The fraction of sp³-hybridized carbons (Fsp3) is 0.600. The normalized spacial score (nSPS) is 22.5. The van der Waals surface area contributed by atoms with Gasteiger partial charge in [0.25, 0.3) is 11.5 Å². The molecule has 1 aliphatic carbocycles. The molecule has 20 heavy (non-hydrogen) atoms. The number of nitrogens with zero attached hydrogens (tertiary/aromatic N) is 1. The Morgan fingerprint density at radius 2 is 2.20 bits per heavy atom. The highest BCUT2D eigenvalue weighted by Gasteiger charge is 2.35. The average Bonchev–Trinajstić information content (AvgIpc) is 3.30. The van der Waals surface area contributed by atoms with Gasteiger partial charge in [0.2, 0.25) is 0 Å². The zero-order valence-electron chi connectivity index (χ0n) is 11.6. The minimum Gasteiger partial charge on any atom is -0.335 e. The summed E-state index contributed by atoms with van der Waals surface area (Å²) in [5.74, 6) is 0.399. The maximum Gasteiger partial charge on any atom is 0.260 e. The first-order chi connectivity index (χ1) is 9.75. The summed E-state index contributed by atoms with van der Waals surface area (Å²) in [7, 11) is 0. The molecule has 1 aromatic rings. The van der Waals surface area contributed by atoms with Crippen molar-refractivity contribution < 1.29 is 4.79 Å². The highest BCUT2D eigenvalue weighted by atomic mass is 16.2. The molecule has 2 N–H and O–H groups in total. The molecule has 0 aromatic carbocycles. The highest BCUT2D eigenvalue weighted by molar-refractivity contribution is 5.94. The van der Waals surface area contributed by atoms with E-state index >= 15 is 0 Å². The number of aromatic amines is 1. The van der Waals surface area contributed by atoms with E-state index in [2.05, 4.69) is 10.3 Å². The summed E-state index contributed by atoms with van der Waals surface area (Å²) >= 11 is 0. The molecular weight excluding hydrogens is 254 g/mol. The van der Waals surface area contributed by atoms with E-state index in [0.717, 1.165) is 38.9 Å². The van der Waals surface area contributed by atoms with Crippen molar-refractivity contribution in [3.8, 4) is 0 Å². The summed E-state index contributed by atoms with van der Waals surface area (Å²) in [6, 6.07) is 3.67. The highest BCUT2D eigenvalue weighted by Crippen LogP contribution is 2.29. The molecule has 2 heterocycles. The molecule has 2 fully saturated rings. The van der Waals surface area contributed by atoms with Crippen LogP contribution in [0.5, 0.6) is 0 Å². The van der Waals surface area contributed by atoms with Gasteiger partial charge in [-0.15, -0.1) is 0 Å². The molecule has 5 heteroatoms. The molecule has 0 bridgehead atoms. The van der Waals surface area contributed by atoms with Gasteiger partial charge in [-0.3, -0.25) is 9.59 Å². The van der Waals surface area contributed by atoms with Crippen LogP contribution in [0.1, 0.15) is 36.0 Å². The smallest absolute Gasteiger partial charge is 0.260 e. The second-order valence-corrected chi connectivity index (χ2v) is 5.81. The molecular formula is C15H21N3O2. The predicted molar refractivity (Wildman–Crippen MR) is 76.7 cm³/mol. The average molecular weight is 275 g/mol. The van der Waals surface area contributed by atoms with Gasteiger partial charge in [0.1, 0.15) is 5.56 Å². The fourth-order valence-electron chi connectivity index (χ4n) is 2.89. The van der Waals surface area contributed by atoms with E-state index in [1.54, 1.807) is 18.3 Å². The van der Waals surface area contributed by atoms with Gasteiger partial charge in [0, 0.05) is 18.8 Å². The standard InChI is InChI=1S/C15H21N3O2/c19-14-13(4-2-8-17-14)15(20)18(12-5-6-12)10-11-3-1-7-16-9-11/h2,4,8,11-12,16H,1,3,5-7,9-10H2,(H,17,19). The summed E-state index contributed by atoms with van der Waals surface area (Å²) in [5, 5.41) is 3.38. The number of nitrogens with one attached hydrogen (secondary N) is 2. The number of pyridine rings is 1. The quantitative estimate of drug-likeness (QED) is 0.861. The Bertz CT molecular complexity index is 530. The summed E-state index contributed by atoms with van der Waals surface area (Å²) in [5.41, 5.74) is -0.0203. The third kappa shape index (κ3) is 2.93. The Morgan fingerprint density at radius 1 is 1.35 bits per heavy atom. The first kappa shape index (κ1) is 13.4. The van der Waals surface area contributed by atoms with Gasteiger partial charge in [0.15, 0.2) is 0 Å². The van der Waals surface area contributed by atoms with Crippen molar-refractivity contribution in [2.75, 3.05) is 19.6 Å². The third-order valence-electron chi connectivity index (χ3n) is 4.15. The van der Waals surface area contributed by atoms with E-state index in [9.17, 15) is 9.59 Å². The Hall–Kier alpha value is -1.62. The van der Waals surface area contributed by atoms with Gasteiger partial charge >= 0.3 is 0 Å². The zero-order valence-corrected chi connectivity index (χ0v) is 11.6. The summed E-state index contributed by atoms with van der Waals surface area (Å²) in [4.78, 5) is 28.9. The van der Waals surface area contributed by atoms with Crippen LogP contribution in [-0.4, -0.2) is 41.5 Å². The number of carbonyl (C=O) groups is 1. The Balaban J connectivity index is 1.75. The third-order valence-corrected chi connectivity index (χ3v) is 4.15. The van der Waals surface area contributed by atoms with Crippen molar-refractivity contribution in [1.82, 2.24) is 15.2 Å². The van der Waals surface area contributed by atoms with Crippen LogP contribution < -0.4 is 10.9 Å². The lowest BCUT2D eigenvalue weighted by Crippen LogP contribution is -2.43. The lowest BCUT2D eigenvalue weighted by Gasteiger charge is -2.30. The van der Waals surface area contributed by atoms with E-state index in [-0.39, 0.29) is 17.0 Å². The summed E-state index contributed by atoms with van der Waals surface area (Å²) in [6.07, 6.45) is 6.02. The zero-order chi connectivity index (χ0) is 13.9. The fourth-order valence-corrected chi connectivity index (χ4v) is 2.89. The minimum absolute atomic E-state index is 0.111. The lowest BCUT2D eigenvalue weighted by atomic mass is 9.98. The second-order valence-electron chi connectivity index (χ2n) is 5.81. The number of hydrogen-bond acceptors (Lipinski definition) is 3. The number of hydrogen-bond donors (Lipinski definition) is 2. The number of aromatic nitrogens is 1. The van der Waals surface area contributed by atoms with Crippen molar-refractivity contribution in [1.29, 1.82) is 0 Å². The number of carbonyl (C=O) groups excluding carboxylic acids is 1. The van der Waals surface area contributed by atoms with Crippen LogP contribution in [0.4, 0.5) is 0 Å². The molecule has 1 aromatic heterocycles. The van der Waals surface area contributed by atoms with Gasteiger partial charge < -0.3 is 15.2 Å². The van der Waals surface area contributed by atoms with Crippen molar-refractivity contribution in [3.05, 3.63) is 34.2 Å². The lowest BCUT2D eigenvalue weighted by molar-refractivity contribution is 0.0702. The van der Waals surface area contributed by atoms with Gasteiger partial charge in [-0.1, -0.05) is 0 Å². The number of H-pyrrole nitrogens is 1. The van der Waals surface area contributed by atoms with Crippen molar-refractivity contribution in [2.45, 2.75) is 31.7 Å². The number of rotatable bonds is 4. The molecule has 1 amide bonds. The Labute approximate surface area is 118 Å². The Kier molecular flexibility index (Phi) is 3.87. The second kappa shape index (κ2) is 5.79. The summed E-state index contributed by atoms with van der Waals surface area (Å²) in [6.45, 7) is 2.82. The SMILES string of the molecule is O=C(c1ccc[nH]c1=O)N(CC1CCCNC1)C1CC1. The molecule has 2 aliphatic rings. The van der Waals surface area contributed by atoms with Gasteiger partial charge in [-0.2, -0.15) is 0 Å². The van der Waals surface area contributed by atoms with Gasteiger partial charge in [-0.25, -0.2) is 0 Å². The van der Waals surface area contributed by atoms with Crippen molar-refractivity contribution in [3.63, 3.8) is 0 Å². The van der Waals surface area contributed by atoms with Crippen LogP contribution in [0.15, 0.2) is 23.1 Å². The van der Waals surface area contributed by atoms with Crippen LogP contribution in [0.2, 0.25) is 0 Å². The van der Waals surface area contributed by atoms with E-state index in [4.69, 9.17) is 0 Å². The Morgan fingerprint density at radius 3 is 2.85 bits per heavy atom. The molecule has 0 radical (unpaired) electrons. The van der Waals surface area contributed by atoms with Crippen molar-refractivity contribution >= 4 is 5.91 Å². The van der Waals surface area contributed by atoms with Gasteiger partial charge in [-0.05, 0) is 56.8 Å². The minimum atomic E-state index is -0.287. The van der Waals surface area contributed by atoms with Crippen LogP contribution in [0.3, 0.4) is 0 Å². The maximum atomic E-state index is 12.6. The van der Waals surface area contributed by atoms with Crippen LogP contribution in [0, 0.1) is 5.92 Å². The molecule has 1 unspecified atom stereocenters. The van der Waals surface area contributed by atoms with E-state index in [1.807, 2.05) is 4.90 Å². The first-order valence-corrected chi connectivity index (χ1v) is 7.45. The molecule has 5 nitrogen and oxygen atoms in total. The maximum absolute atomic E-state index is 12.6. The number of piperidine rings is 1. The molecule has 1 saturated heterocycles. The number of amides is 1.